The van der Waals surface area contributed by atoms with Gasteiger partial charge < -0.3 is 10.6 Å². The molecule has 0 unspecified atom stereocenters. The van der Waals surface area contributed by atoms with Gasteiger partial charge in [0.05, 0.1) is 10.8 Å². The van der Waals surface area contributed by atoms with Crippen molar-refractivity contribution in [1.82, 2.24) is 4.90 Å². The molecule has 2 heterocycles. The molecule has 18 heavy (non-hydrogen) atoms. The van der Waals surface area contributed by atoms with E-state index in [-0.39, 0.29) is 23.8 Å². The number of piperidine rings is 1. The Kier molecular flexibility index (Phi) is 3.71. The summed E-state index contributed by atoms with van der Waals surface area (Å²) in [7, 11) is 0. The van der Waals surface area contributed by atoms with Gasteiger partial charge in [0.2, 0.25) is 5.91 Å². The minimum atomic E-state index is -0.304. The average Bonchev–Trinajstić information content (AvgIpc) is 2.75. The Labute approximate surface area is 111 Å². The lowest BCUT2D eigenvalue weighted by Gasteiger charge is -2.36. The maximum Gasteiger partial charge on any atom is 0.264 e. The van der Waals surface area contributed by atoms with Gasteiger partial charge in [-0.2, -0.15) is 0 Å². The predicted molar refractivity (Wildman–Crippen MR) is 71.5 cm³/mol. The van der Waals surface area contributed by atoms with Crippen LogP contribution in [0.2, 0.25) is 0 Å². The van der Waals surface area contributed by atoms with Crippen molar-refractivity contribution < 1.29 is 9.59 Å². The Bertz CT molecular complexity index is 469. The lowest BCUT2D eigenvalue weighted by atomic mass is 9.93. The van der Waals surface area contributed by atoms with Crippen molar-refractivity contribution >= 4 is 23.2 Å². The maximum atomic E-state index is 12.4. The second-order valence-corrected chi connectivity index (χ2v) is 6.18. The van der Waals surface area contributed by atoms with E-state index in [0.29, 0.717) is 6.54 Å². The third kappa shape index (κ3) is 2.56. The quantitative estimate of drug-likeness (QED) is 0.887. The fourth-order valence-electron chi connectivity index (χ4n) is 2.31. The van der Waals surface area contributed by atoms with E-state index in [1.165, 1.54) is 11.3 Å². The van der Waals surface area contributed by atoms with Crippen molar-refractivity contribution in [2.45, 2.75) is 32.7 Å². The molecule has 98 valence electrons. The number of likely N-dealkylation sites (tertiary alicyclic amines) is 1. The van der Waals surface area contributed by atoms with Crippen molar-refractivity contribution in [1.29, 1.82) is 0 Å². The van der Waals surface area contributed by atoms with Crippen LogP contribution in [0, 0.1) is 12.8 Å². The molecule has 1 saturated heterocycles. The molecule has 0 saturated carbocycles. The van der Waals surface area contributed by atoms with Crippen molar-refractivity contribution in [2.75, 3.05) is 6.54 Å². The Morgan fingerprint density at radius 1 is 1.39 bits per heavy atom. The zero-order valence-electron chi connectivity index (χ0n) is 10.7. The Balaban J connectivity index is 2.15. The molecule has 1 aromatic heterocycles. The van der Waals surface area contributed by atoms with Gasteiger partial charge in [-0.3, -0.25) is 9.59 Å². The van der Waals surface area contributed by atoms with Crippen LogP contribution in [-0.4, -0.2) is 29.3 Å². The highest BCUT2D eigenvalue weighted by molar-refractivity contribution is 7.13. The lowest BCUT2D eigenvalue weighted by molar-refractivity contribution is -0.123. The van der Waals surface area contributed by atoms with Crippen LogP contribution in [-0.2, 0) is 4.79 Å². The summed E-state index contributed by atoms with van der Waals surface area (Å²) in [4.78, 5) is 27.3. The van der Waals surface area contributed by atoms with Crippen LogP contribution in [0.25, 0.3) is 0 Å². The van der Waals surface area contributed by atoms with Crippen LogP contribution >= 0.6 is 11.3 Å². The molecule has 1 fully saturated rings. The Hall–Kier alpha value is -1.36. The number of nitrogens with two attached hydrogens (primary N) is 1. The molecular weight excluding hydrogens is 248 g/mol. The molecule has 0 bridgehead atoms. The number of primary amides is 1. The number of carbonyl (C=O) groups is 2. The Morgan fingerprint density at radius 2 is 2.11 bits per heavy atom. The third-order valence-corrected chi connectivity index (χ3v) is 4.49. The topological polar surface area (TPSA) is 63.4 Å². The zero-order valence-corrected chi connectivity index (χ0v) is 11.5. The molecule has 2 amide bonds. The van der Waals surface area contributed by atoms with E-state index in [2.05, 4.69) is 0 Å². The fraction of sp³-hybridized carbons (Fsp3) is 0.538. The summed E-state index contributed by atoms with van der Waals surface area (Å²) in [5, 5.41) is 0. The maximum absolute atomic E-state index is 12.4. The number of aryl methyl sites for hydroxylation is 1. The highest BCUT2D eigenvalue weighted by Crippen LogP contribution is 2.25. The van der Waals surface area contributed by atoms with E-state index in [9.17, 15) is 9.59 Å². The molecule has 0 spiro atoms. The first-order valence-corrected chi connectivity index (χ1v) is 6.97. The largest absolute Gasteiger partial charge is 0.369 e. The predicted octanol–water partition coefficient (Wildman–Crippen LogP) is 1.78. The first kappa shape index (κ1) is 13.1. The number of nitrogens with zero attached hydrogens (tertiary/aromatic N) is 1. The van der Waals surface area contributed by atoms with E-state index in [1.807, 2.05) is 26.0 Å². The van der Waals surface area contributed by atoms with Crippen LogP contribution in [0.15, 0.2) is 12.1 Å². The number of amides is 2. The van der Waals surface area contributed by atoms with Crippen molar-refractivity contribution in [2.24, 2.45) is 11.7 Å². The van der Waals surface area contributed by atoms with Crippen LogP contribution in [0.5, 0.6) is 0 Å². The second-order valence-electron chi connectivity index (χ2n) is 4.89. The summed E-state index contributed by atoms with van der Waals surface area (Å²) in [6.45, 7) is 4.45. The number of thiophene rings is 1. The first-order chi connectivity index (χ1) is 8.49. The van der Waals surface area contributed by atoms with E-state index in [1.54, 1.807) is 4.90 Å². The Morgan fingerprint density at radius 3 is 2.67 bits per heavy atom. The van der Waals surface area contributed by atoms with E-state index >= 15 is 0 Å². The highest BCUT2D eigenvalue weighted by Gasteiger charge is 2.32. The SMILES string of the molecule is Cc1ccc(C(=O)N2C[C@@H](C(N)=O)CC[C@H]2C)s1. The number of carbonyl (C=O) groups excluding carboxylic acids is 2. The van der Waals surface area contributed by atoms with Crippen LogP contribution in [0.1, 0.15) is 34.3 Å². The summed E-state index contributed by atoms with van der Waals surface area (Å²) in [5.74, 6) is -0.486. The summed E-state index contributed by atoms with van der Waals surface area (Å²) in [6, 6.07) is 3.97. The van der Waals surface area contributed by atoms with E-state index < -0.39 is 0 Å². The first-order valence-electron chi connectivity index (χ1n) is 6.15. The van der Waals surface area contributed by atoms with Gasteiger partial charge in [-0.25, -0.2) is 0 Å². The molecule has 0 aliphatic carbocycles. The zero-order chi connectivity index (χ0) is 13.3. The minimum Gasteiger partial charge on any atom is -0.369 e. The van der Waals surface area contributed by atoms with Gasteiger partial charge in [0.1, 0.15) is 0 Å². The normalized spacial score (nSPS) is 24.0. The standard InChI is InChI=1S/C13H18N2O2S/c1-8-3-5-10(12(14)16)7-15(8)13(17)11-6-4-9(2)18-11/h4,6,8,10H,3,5,7H2,1-2H3,(H2,14,16)/t8-,10+/m1/s1. The van der Waals surface area contributed by atoms with Gasteiger partial charge in [0.25, 0.3) is 5.91 Å². The molecule has 1 aliphatic rings. The number of hydrogen-bond acceptors (Lipinski definition) is 3. The molecule has 2 atom stereocenters. The van der Waals surface area contributed by atoms with Gasteiger partial charge in [-0.1, -0.05) is 0 Å². The summed E-state index contributed by atoms with van der Waals surface area (Å²) < 4.78 is 0. The minimum absolute atomic E-state index is 0.0200. The number of rotatable bonds is 2. The van der Waals surface area contributed by atoms with Gasteiger partial charge in [0.15, 0.2) is 0 Å². The molecule has 1 aliphatic heterocycles. The van der Waals surface area contributed by atoms with Crippen molar-refractivity contribution in [3.05, 3.63) is 21.9 Å². The molecule has 2 rings (SSSR count). The average molecular weight is 266 g/mol. The third-order valence-electron chi connectivity index (χ3n) is 3.50. The molecule has 4 nitrogen and oxygen atoms in total. The molecular formula is C13H18N2O2S. The van der Waals surface area contributed by atoms with E-state index in [0.717, 1.165) is 22.6 Å². The van der Waals surface area contributed by atoms with Crippen LogP contribution in [0.4, 0.5) is 0 Å². The van der Waals surface area contributed by atoms with Crippen molar-refractivity contribution in [3.8, 4) is 0 Å². The van der Waals surface area contributed by atoms with Gasteiger partial charge in [-0.05, 0) is 38.8 Å². The van der Waals surface area contributed by atoms with Crippen LogP contribution < -0.4 is 5.73 Å². The van der Waals surface area contributed by atoms with Gasteiger partial charge >= 0.3 is 0 Å². The molecule has 0 aromatic carbocycles. The highest BCUT2D eigenvalue weighted by atomic mass is 32.1. The number of hydrogen-bond donors (Lipinski definition) is 1. The fourth-order valence-corrected chi connectivity index (χ4v) is 3.14. The second kappa shape index (κ2) is 5.10. The molecule has 0 radical (unpaired) electrons. The van der Waals surface area contributed by atoms with Crippen LogP contribution in [0.3, 0.4) is 0 Å². The summed E-state index contributed by atoms with van der Waals surface area (Å²) >= 11 is 1.49. The smallest absolute Gasteiger partial charge is 0.264 e. The molecule has 5 heteroatoms. The summed E-state index contributed by atoms with van der Waals surface area (Å²) in [6.07, 6.45) is 1.62. The molecule has 1 aromatic rings. The van der Waals surface area contributed by atoms with Crippen molar-refractivity contribution in [3.63, 3.8) is 0 Å². The monoisotopic (exact) mass is 266 g/mol. The summed E-state index contributed by atoms with van der Waals surface area (Å²) in [5.41, 5.74) is 5.34. The molecule has 2 N–H and O–H groups in total. The lowest BCUT2D eigenvalue weighted by Crippen LogP contribution is -2.48. The van der Waals surface area contributed by atoms with Gasteiger partial charge in [-0.15, -0.1) is 11.3 Å². The van der Waals surface area contributed by atoms with E-state index in [4.69, 9.17) is 5.73 Å². The van der Waals surface area contributed by atoms with Gasteiger partial charge in [0, 0.05) is 17.5 Å².